The maximum absolute atomic E-state index is 6.46. The number of rotatable bonds is 5. The minimum Gasteiger partial charge on any atom is -0.374 e. The third-order valence-corrected chi connectivity index (χ3v) is 4.73. The summed E-state index contributed by atoms with van der Waals surface area (Å²) in [5.74, 6) is 0. The van der Waals surface area contributed by atoms with Crippen molar-refractivity contribution < 1.29 is 4.74 Å². The molecule has 0 heterocycles. The summed E-state index contributed by atoms with van der Waals surface area (Å²) in [6, 6.07) is 8.39. The number of ether oxygens (including phenoxy) is 1. The van der Waals surface area contributed by atoms with Crippen LogP contribution in [0.1, 0.15) is 38.2 Å². The van der Waals surface area contributed by atoms with E-state index in [2.05, 4.69) is 41.1 Å². The van der Waals surface area contributed by atoms with Crippen LogP contribution < -0.4 is 5.73 Å². The largest absolute Gasteiger partial charge is 0.374 e. The Hall–Kier alpha value is -0.380. The van der Waals surface area contributed by atoms with Gasteiger partial charge in [-0.1, -0.05) is 47.0 Å². The lowest BCUT2D eigenvalue weighted by molar-refractivity contribution is -0.0525. The monoisotopic (exact) mass is 311 g/mol. The van der Waals surface area contributed by atoms with E-state index in [9.17, 15) is 0 Å². The summed E-state index contributed by atoms with van der Waals surface area (Å²) in [7, 11) is 0. The highest BCUT2D eigenvalue weighted by Gasteiger charge is 2.40. The van der Waals surface area contributed by atoms with Crippen molar-refractivity contribution in [3.05, 3.63) is 34.3 Å². The first-order valence-corrected chi connectivity index (χ1v) is 7.60. The van der Waals surface area contributed by atoms with E-state index >= 15 is 0 Å². The Bertz CT molecular complexity index is 388. The van der Waals surface area contributed by atoms with Gasteiger partial charge in [-0.05, 0) is 37.8 Å². The van der Waals surface area contributed by atoms with Gasteiger partial charge in [-0.3, -0.25) is 0 Å². The summed E-state index contributed by atoms with van der Waals surface area (Å²) >= 11 is 3.59. The summed E-state index contributed by atoms with van der Waals surface area (Å²) < 4.78 is 7.17. The van der Waals surface area contributed by atoms with Gasteiger partial charge in [-0.25, -0.2) is 0 Å². The van der Waals surface area contributed by atoms with Gasteiger partial charge in [0.1, 0.15) is 0 Å². The third kappa shape index (κ3) is 2.95. The fourth-order valence-corrected chi connectivity index (χ4v) is 3.42. The molecule has 2 rings (SSSR count). The van der Waals surface area contributed by atoms with Crippen LogP contribution in [-0.4, -0.2) is 18.2 Å². The number of hydrogen-bond donors (Lipinski definition) is 1. The van der Waals surface area contributed by atoms with E-state index in [1.54, 1.807) is 0 Å². The molecule has 0 bridgehead atoms. The van der Waals surface area contributed by atoms with Gasteiger partial charge in [-0.2, -0.15) is 0 Å². The maximum atomic E-state index is 6.46. The highest BCUT2D eigenvalue weighted by molar-refractivity contribution is 9.10. The van der Waals surface area contributed by atoms with Crippen LogP contribution in [-0.2, 0) is 11.2 Å². The van der Waals surface area contributed by atoms with Crippen molar-refractivity contribution in [2.75, 3.05) is 6.61 Å². The normalized spacial score (nSPS) is 19.9. The Kier molecular flexibility index (Phi) is 4.82. The zero-order valence-electron chi connectivity index (χ0n) is 11.0. The van der Waals surface area contributed by atoms with Crippen molar-refractivity contribution in [3.63, 3.8) is 0 Å². The van der Waals surface area contributed by atoms with Crippen molar-refractivity contribution in [1.29, 1.82) is 0 Å². The number of nitrogens with two attached hydrogens (primary N) is 1. The zero-order chi connectivity index (χ0) is 13.0. The molecule has 1 aliphatic carbocycles. The quantitative estimate of drug-likeness (QED) is 0.900. The van der Waals surface area contributed by atoms with E-state index in [1.807, 2.05) is 6.07 Å². The average Bonchev–Trinajstić information content (AvgIpc) is 2.82. The molecular weight excluding hydrogens is 290 g/mol. The maximum Gasteiger partial charge on any atom is 0.0835 e. The number of hydrogen-bond acceptors (Lipinski definition) is 2. The van der Waals surface area contributed by atoms with Crippen LogP contribution in [0.15, 0.2) is 28.7 Å². The summed E-state index contributed by atoms with van der Waals surface area (Å²) in [6.07, 6.45) is 5.56. The van der Waals surface area contributed by atoms with Crippen molar-refractivity contribution in [3.8, 4) is 0 Å². The molecule has 3 heteroatoms. The lowest BCUT2D eigenvalue weighted by atomic mass is 9.88. The van der Waals surface area contributed by atoms with Crippen LogP contribution in [0.3, 0.4) is 0 Å². The Balaban J connectivity index is 2.10. The van der Waals surface area contributed by atoms with Gasteiger partial charge in [-0.15, -0.1) is 0 Å². The van der Waals surface area contributed by atoms with Gasteiger partial charge in [0.05, 0.1) is 5.60 Å². The molecule has 1 unspecified atom stereocenters. The van der Waals surface area contributed by atoms with E-state index in [0.717, 1.165) is 30.3 Å². The summed E-state index contributed by atoms with van der Waals surface area (Å²) in [4.78, 5) is 0. The Labute approximate surface area is 118 Å². The predicted octanol–water partition coefficient (Wildman–Crippen LogP) is 3.67. The smallest absolute Gasteiger partial charge is 0.0835 e. The third-order valence-electron chi connectivity index (χ3n) is 3.96. The molecule has 1 atom stereocenters. The van der Waals surface area contributed by atoms with Gasteiger partial charge in [0.15, 0.2) is 0 Å². The molecule has 1 saturated carbocycles. The first-order valence-electron chi connectivity index (χ1n) is 6.81. The number of benzene rings is 1. The fraction of sp³-hybridized carbons (Fsp3) is 0.600. The van der Waals surface area contributed by atoms with Crippen LogP contribution in [0.2, 0.25) is 0 Å². The van der Waals surface area contributed by atoms with Crippen LogP contribution >= 0.6 is 15.9 Å². The van der Waals surface area contributed by atoms with Gasteiger partial charge in [0.2, 0.25) is 0 Å². The summed E-state index contributed by atoms with van der Waals surface area (Å²) in [6.45, 7) is 2.81. The lowest BCUT2D eigenvalue weighted by Gasteiger charge is -2.35. The summed E-state index contributed by atoms with van der Waals surface area (Å²) in [5, 5.41) is 0. The molecule has 2 nitrogen and oxygen atoms in total. The lowest BCUT2D eigenvalue weighted by Crippen LogP contribution is -2.49. The van der Waals surface area contributed by atoms with Crippen LogP contribution in [0.4, 0.5) is 0 Å². The van der Waals surface area contributed by atoms with Gasteiger partial charge < -0.3 is 10.5 Å². The van der Waals surface area contributed by atoms with E-state index in [4.69, 9.17) is 10.5 Å². The molecule has 18 heavy (non-hydrogen) atoms. The predicted molar refractivity (Wildman–Crippen MR) is 78.6 cm³/mol. The molecule has 2 N–H and O–H groups in total. The molecule has 0 aromatic heterocycles. The van der Waals surface area contributed by atoms with Crippen molar-refractivity contribution in [2.24, 2.45) is 5.73 Å². The molecule has 0 saturated heterocycles. The highest BCUT2D eigenvalue weighted by atomic mass is 79.9. The minimum absolute atomic E-state index is 0.0821. The number of halogens is 1. The van der Waals surface area contributed by atoms with Crippen LogP contribution in [0.25, 0.3) is 0 Å². The average molecular weight is 312 g/mol. The molecule has 1 aromatic rings. The second-order valence-electron chi connectivity index (χ2n) is 5.11. The van der Waals surface area contributed by atoms with Crippen LogP contribution in [0, 0.1) is 0 Å². The standard InChI is InChI=1S/C15H22BrNO/c1-2-18-15(9-5-6-10-15)14(17)11-12-7-3-4-8-13(12)16/h3-4,7-8,14H,2,5-6,9-11,17H2,1H3. The van der Waals surface area contributed by atoms with Gasteiger partial charge >= 0.3 is 0 Å². The van der Waals surface area contributed by atoms with E-state index in [1.165, 1.54) is 18.4 Å². The first-order chi connectivity index (χ1) is 8.68. The SMILES string of the molecule is CCOC1(C(N)Cc2ccccc2Br)CCCC1. The van der Waals surface area contributed by atoms with E-state index in [0.29, 0.717) is 0 Å². The molecule has 0 spiro atoms. The molecule has 0 amide bonds. The van der Waals surface area contributed by atoms with Crippen molar-refractivity contribution in [1.82, 2.24) is 0 Å². The highest BCUT2D eigenvalue weighted by Crippen LogP contribution is 2.37. The molecule has 0 aliphatic heterocycles. The molecule has 0 radical (unpaired) electrons. The minimum atomic E-state index is -0.0932. The molecule has 1 fully saturated rings. The molecule has 1 aliphatic rings. The Morgan fingerprint density at radius 1 is 1.33 bits per heavy atom. The van der Waals surface area contributed by atoms with Gasteiger partial charge in [0, 0.05) is 17.1 Å². The van der Waals surface area contributed by atoms with Crippen LogP contribution in [0.5, 0.6) is 0 Å². The van der Waals surface area contributed by atoms with Gasteiger partial charge in [0.25, 0.3) is 0 Å². The first kappa shape index (κ1) is 14.0. The molecule has 100 valence electrons. The van der Waals surface area contributed by atoms with Crippen molar-refractivity contribution >= 4 is 15.9 Å². The fourth-order valence-electron chi connectivity index (χ4n) is 2.97. The zero-order valence-corrected chi connectivity index (χ0v) is 12.6. The summed E-state index contributed by atoms with van der Waals surface area (Å²) in [5.41, 5.74) is 7.64. The Morgan fingerprint density at radius 3 is 2.61 bits per heavy atom. The molecule has 1 aromatic carbocycles. The van der Waals surface area contributed by atoms with E-state index < -0.39 is 0 Å². The second-order valence-corrected chi connectivity index (χ2v) is 5.96. The van der Waals surface area contributed by atoms with E-state index in [-0.39, 0.29) is 11.6 Å². The van der Waals surface area contributed by atoms with Crippen molar-refractivity contribution in [2.45, 2.75) is 50.7 Å². The second kappa shape index (κ2) is 6.18. The Morgan fingerprint density at radius 2 is 2.00 bits per heavy atom. The topological polar surface area (TPSA) is 35.2 Å². The molecular formula is C15H22BrNO.